The van der Waals surface area contributed by atoms with Crippen molar-refractivity contribution in [2.75, 3.05) is 18.6 Å². The van der Waals surface area contributed by atoms with Gasteiger partial charge in [0.1, 0.15) is 0 Å². The first kappa shape index (κ1) is 9.00. The van der Waals surface area contributed by atoms with Gasteiger partial charge in [-0.25, -0.2) is 8.42 Å². The van der Waals surface area contributed by atoms with Crippen molar-refractivity contribution in [3.05, 3.63) is 0 Å². The van der Waals surface area contributed by atoms with E-state index in [1.807, 2.05) is 20.9 Å². The Labute approximate surface area is 68.3 Å². The van der Waals surface area contributed by atoms with Gasteiger partial charge in [0.15, 0.2) is 9.84 Å². The van der Waals surface area contributed by atoms with Gasteiger partial charge in [0, 0.05) is 12.1 Å². The van der Waals surface area contributed by atoms with Gasteiger partial charge in [-0.1, -0.05) is 0 Å². The van der Waals surface area contributed by atoms with E-state index in [0.717, 1.165) is 0 Å². The molecule has 3 nitrogen and oxygen atoms in total. The van der Waals surface area contributed by atoms with Crippen molar-refractivity contribution >= 4 is 9.84 Å². The zero-order valence-corrected chi connectivity index (χ0v) is 8.06. The van der Waals surface area contributed by atoms with Crippen molar-refractivity contribution in [2.24, 2.45) is 0 Å². The van der Waals surface area contributed by atoms with Crippen LogP contribution in [0.1, 0.15) is 13.8 Å². The zero-order chi connectivity index (χ0) is 8.65. The molecule has 0 aliphatic carbocycles. The van der Waals surface area contributed by atoms with E-state index in [2.05, 4.69) is 4.90 Å². The third kappa shape index (κ3) is 1.93. The first-order valence-electron chi connectivity index (χ1n) is 3.85. The topological polar surface area (TPSA) is 37.4 Å². The lowest BCUT2D eigenvalue weighted by molar-refractivity contribution is 0.213. The van der Waals surface area contributed by atoms with E-state index < -0.39 is 9.84 Å². The normalized spacial score (nSPS) is 38.8. The van der Waals surface area contributed by atoms with Crippen LogP contribution in [0.2, 0.25) is 0 Å². The highest BCUT2D eigenvalue weighted by atomic mass is 32.2. The minimum absolute atomic E-state index is 0.170. The number of sulfone groups is 1. The first-order chi connectivity index (χ1) is 4.92. The van der Waals surface area contributed by atoms with E-state index in [9.17, 15) is 8.42 Å². The molecule has 0 bridgehead atoms. The van der Waals surface area contributed by atoms with Gasteiger partial charge in [0.05, 0.1) is 11.5 Å². The Kier molecular flexibility index (Phi) is 2.25. The second-order valence-electron chi connectivity index (χ2n) is 3.44. The van der Waals surface area contributed by atoms with Gasteiger partial charge in [-0.05, 0) is 20.9 Å². The second-order valence-corrected chi connectivity index (χ2v) is 5.59. The molecule has 0 amide bonds. The molecule has 1 aliphatic heterocycles. The van der Waals surface area contributed by atoms with Crippen LogP contribution in [0.25, 0.3) is 0 Å². The molecule has 0 N–H and O–H groups in total. The van der Waals surface area contributed by atoms with E-state index in [0.29, 0.717) is 11.5 Å². The van der Waals surface area contributed by atoms with Crippen molar-refractivity contribution in [3.8, 4) is 0 Å². The molecular formula is C7H15NO2S. The second kappa shape index (κ2) is 2.75. The average Bonchev–Trinajstić information content (AvgIpc) is 1.81. The molecule has 2 atom stereocenters. The van der Waals surface area contributed by atoms with Crippen LogP contribution >= 0.6 is 0 Å². The standard InChI is InChI=1S/C7H15NO2S/c1-6-4-11(9,10)5-7(2)8(6)3/h6-7H,4-5H2,1-3H3. The van der Waals surface area contributed by atoms with Gasteiger partial charge < -0.3 is 0 Å². The van der Waals surface area contributed by atoms with Crippen LogP contribution in [0.4, 0.5) is 0 Å². The van der Waals surface area contributed by atoms with Crippen LogP contribution in [-0.2, 0) is 9.84 Å². The molecule has 0 radical (unpaired) electrons. The number of hydrogen-bond donors (Lipinski definition) is 0. The van der Waals surface area contributed by atoms with Crippen LogP contribution in [0.15, 0.2) is 0 Å². The first-order valence-corrected chi connectivity index (χ1v) is 5.67. The summed E-state index contributed by atoms with van der Waals surface area (Å²) in [7, 11) is -0.780. The molecule has 0 aromatic carbocycles. The Balaban J connectivity index is 2.78. The van der Waals surface area contributed by atoms with E-state index in [1.54, 1.807) is 0 Å². The summed E-state index contributed by atoms with van der Waals surface area (Å²) in [6.45, 7) is 3.90. The minimum Gasteiger partial charge on any atom is -0.299 e. The molecular weight excluding hydrogens is 162 g/mol. The van der Waals surface area contributed by atoms with Gasteiger partial charge >= 0.3 is 0 Å². The maximum Gasteiger partial charge on any atom is 0.153 e. The third-order valence-corrected chi connectivity index (χ3v) is 4.36. The molecule has 0 spiro atoms. The predicted octanol–water partition coefficient (Wildman–Crippen LogP) is 0.124. The Morgan fingerprint density at radius 2 is 1.55 bits per heavy atom. The Morgan fingerprint density at radius 1 is 1.18 bits per heavy atom. The Bertz CT molecular complexity index is 217. The fourth-order valence-electron chi connectivity index (χ4n) is 1.47. The molecule has 1 rings (SSSR count). The lowest BCUT2D eigenvalue weighted by atomic mass is 10.2. The smallest absolute Gasteiger partial charge is 0.153 e. The maximum atomic E-state index is 11.2. The molecule has 0 saturated carbocycles. The highest BCUT2D eigenvalue weighted by Gasteiger charge is 2.30. The fraction of sp³-hybridized carbons (Fsp3) is 1.00. The summed E-state index contributed by atoms with van der Waals surface area (Å²) in [5.41, 5.74) is 0. The number of nitrogens with zero attached hydrogens (tertiary/aromatic N) is 1. The highest BCUT2D eigenvalue weighted by Crippen LogP contribution is 2.14. The van der Waals surface area contributed by atoms with Crippen molar-refractivity contribution in [2.45, 2.75) is 25.9 Å². The molecule has 4 heteroatoms. The van der Waals surface area contributed by atoms with Gasteiger partial charge in [-0.15, -0.1) is 0 Å². The summed E-state index contributed by atoms with van der Waals surface area (Å²) >= 11 is 0. The highest BCUT2D eigenvalue weighted by molar-refractivity contribution is 7.91. The number of rotatable bonds is 0. The maximum absolute atomic E-state index is 11.2. The van der Waals surface area contributed by atoms with E-state index in [-0.39, 0.29) is 12.1 Å². The molecule has 1 heterocycles. The predicted molar refractivity (Wildman–Crippen MR) is 45.3 cm³/mol. The molecule has 2 unspecified atom stereocenters. The van der Waals surface area contributed by atoms with Crippen molar-refractivity contribution in [1.29, 1.82) is 0 Å². The van der Waals surface area contributed by atoms with E-state index in [1.165, 1.54) is 0 Å². The van der Waals surface area contributed by atoms with Crippen LogP contribution in [0, 0.1) is 0 Å². The van der Waals surface area contributed by atoms with Gasteiger partial charge in [-0.2, -0.15) is 0 Å². The van der Waals surface area contributed by atoms with Crippen LogP contribution in [0.3, 0.4) is 0 Å². The Hall–Kier alpha value is -0.0900. The van der Waals surface area contributed by atoms with Gasteiger partial charge in [-0.3, -0.25) is 4.90 Å². The molecule has 0 aromatic heterocycles. The van der Waals surface area contributed by atoms with E-state index >= 15 is 0 Å². The Morgan fingerprint density at radius 3 is 1.91 bits per heavy atom. The summed E-state index contributed by atoms with van der Waals surface area (Å²) in [5, 5.41) is 0. The molecule has 11 heavy (non-hydrogen) atoms. The summed E-state index contributed by atoms with van der Waals surface area (Å²) < 4.78 is 22.4. The average molecular weight is 177 g/mol. The van der Waals surface area contributed by atoms with Crippen LogP contribution < -0.4 is 0 Å². The van der Waals surface area contributed by atoms with E-state index in [4.69, 9.17) is 0 Å². The molecule has 0 aromatic rings. The molecule has 1 saturated heterocycles. The molecule has 66 valence electrons. The quantitative estimate of drug-likeness (QED) is 0.527. The molecule has 1 aliphatic rings. The lowest BCUT2D eigenvalue weighted by Gasteiger charge is -2.35. The van der Waals surface area contributed by atoms with Crippen molar-refractivity contribution in [1.82, 2.24) is 4.90 Å². The third-order valence-electron chi connectivity index (χ3n) is 2.38. The molecule has 1 fully saturated rings. The SMILES string of the molecule is CC1CS(=O)(=O)CC(C)N1C. The monoisotopic (exact) mass is 177 g/mol. The summed E-state index contributed by atoms with van der Waals surface area (Å²) in [4.78, 5) is 2.11. The zero-order valence-electron chi connectivity index (χ0n) is 7.24. The van der Waals surface area contributed by atoms with Crippen molar-refractivity contribution < 1.29 is 8.42 Å². The van der Waals surface area contributed by atoms with Gasteiger partial charge in [0.25, 0.3) is 0 Å². The van der Waals surface area contributed by atoms with Crippen molar-refractivity contribution in [3.63, 3.8) is 0 Å². The van der Waals surface area contributed by atoms with Crippen LogP contribution in [-0.4, -0.2) is 44.0 Å². The number of hydrogen-bond acceptors (Lipinski definition) is 3. The van der Waals surface area contributed by atoms with Gasteiger partial charge in [0.2, 0.25) is 0 Å². The largest absolute Gasteiger partial charge is 0.299 e. The minimum atomic E-state index is -2.76. The summed E-state index contributed by atoms with van der Waals surface area (Å²) in [6, 6.07) is 0.340. The lowest BCUT2D eigenvalue weighted by Crippen LogP contribution is -2.50. The van der Waals surface area contributed by atoms with Crippen LogP contribution in [0.5, 0.6) is 0 Å². The summed E-state index contributed by atoms with van der Waals surface area (Å²) in [5.74, 6) is 0.627. The summed E-state index contributed by atoms with van der Waals surface area (Å²) in [6.07, 6.45) is 0. The fourth-order valence-corrected chi connectivity index (χ4v) is 3.55.